The molecule has 1 aromatic carbocycles. The van der Waals surface area contributed by atoms with Crippen LogP contribution >= 0.6 is 24.0 Å². The minimum Gasteiger partial charge on any atom is -0.465 e. The van der Waals surface area contributed by atoms with E-state index in [2.05, 4.69) is 20.9 Å². The molecule has 1 aromatic heterocycles. The second-order valence-electron chi connectivity index (χ2n) is 6.52. The van der Waals surface area contributed by atoms with E-state index in [1.54, 1.807) is 20.0 Å². The molecule has 0 radical (unpaired) electrons. The highest BCUT2D eigenvalue weighted by Gasteiger charge is 2.24. The van der Waals surface area contributed by atoms with Crippen molar-refractivity contribution in [3.05, 3.63) is 53.0 Å². The maximum atomic E-state index is 11.9. The highest BCUT2D eigenvalue weighted by molar-refractivity contribution is 14.0. The first-order chi connectivity index (χ1) is 13.5. The van der Waals surface area contributed by atoms with Gasteiger partial charge in [-0.2, -0.15) is 0 Å². The molecule has 0 saturated heterocycles. The number of nitrogens with zero attached hydrogens (tertiary/aromatic N) is 1. The minimum atomic E-state index is -0.427. The first-order valence-electron chi connectivity index (χ1n) is 9.02. The topological polar surface area (TPSA) is 105 Å². The number of para-hydroxylation sites is 1. The lowest BCUT2D eigenvalue weighted by Gasteiger charge is -2.26. The van der Waals surface area contributed by atoms with Crippen molar-refractivity contribution >= 4 is 47.5 Å². The molecule has 0 spiro atoms. The van der Waals surface area contributed by atoms with Crippen LogP contribution in [0.15, 0.2) is 39.7 Å². The second kappa shape index (κ2) is 10.3. The number of hydrogen-bond donors (Lipinski definition) is 3. The largest absolute Gasteiger partial charge is 0.465 e. The number of esters is 1. The maximum Gasteiger partial charge on any atom is 0.341 e. The van der Waals surface area contributed by atoms with E-state index in [1.807, 2.05) is 24.3 Å². The number of benzene rings is 1. The lowest BCUT2D eigenvalue weighted by molar-refractivity contribution is -0.116. The average Bonchev–Trinajstić information content (AvgIpc) is 3.07. The van der Waals surface area contributed by atoms with Gasteiger partial charge in [0.2, 0.25) is 5.91 Å². The summed E-state index contributed by atoms with van der Waals surface area (Å²) in [6, 6.07) is 9.46. The smallest absolute Gasteiger partial charge is 0.341 e. The van der Waals surface area contributed by atoms with Crippen LogP contribution in [-0.2, 0) is 16.1 Å². The second-order valence-corrected chi connectivity index (χ2v) is 6.52. The fourth-order valence-electron chi connectivity index (χ4n) is 3.24. The quantitative estimate of drug-likeness (QED) is 0.246. The third kappa shape index (κ3) is 5.49. The Morgan fingerprint density at radius 2 is 2.10 bits per heavy atom. The number of rotatable bonds is 5. The molecule has 3 N–H and O–H groups in total. The standard InChI is InChI=1S/C20H24N4O4.HI/c1-12-16(19(26)27-3)9-14(28-12)11-23-20(21-2)22-10-13-8-18(25)24-17-7-5-4-6-15(13)17;/h4-7,9,13H,8,10-11H2,1-3H3,(H,24,25)(H2,21,22,23);1H. The Morgan fingerprint density at radius 3 is 2.83 bits per heavy atom. The van der Waals surface area contributed by atoms with E-state index in [-0.39, 0.29) is 35.8 Å². The Balaban J connectivity index is 0.00000300. The van der Waals surface area contributed by atoms with Crippen LogP contribution in [-0.4, -0.2) is 38.5 Å². The number of furan rings is 1. The highest BCUT2D eigenvalue weighted by Crippen LogP contribution is 2.31. The monoisotopic (exact) mass is 512 g/mol. The van der Waals surface area contributed by atoms with Gasteiger partial charge in [-0.05, 0) is 24.6 Å². The molecule has 0 aliphatic carbocycles. The number of ether oxygens (including phenoxy) is 1. The van der Waals surface area contributed by atoms with Crippen molar-refractivity contribution in [2.45, 2.75) is 25.8 Å². The van der Waals surface area contributed by atoms with E-state index >= 15 is 0 Å². The van der Waals surface area contributed by atoms with Gasteiger partial charge in [-0.25, -0.2) is 4.79 Å². The van der Waals surface area contributed by atoms with Gasteiger partial charge < -0.3 is 25.1 Å². The van der Waals surface area contributed by atoms with Crippen LogP contribution in [0.1, 0.15) is 39.8 Å². The number of carbonyl (C=O) groups excluding carboxylic acids is 2. The SMILES string of the molecule is CN=C(NCc1cc(C(=O)OC)c(C)o1)NCC1CC(=O)Nc2ccccc21.I. The van der Waals surface area contributed by atoms with Crippen molar-refractivity contribution in [3.8, 4) is 0 Å². The number of fused-ring (bicyclic) bond motifs is 1. The zero-order valence-electron chi connectivity index (χ0n) is 16.6. The van der Waals surface area contributed by atoms with Crippen LogP contribution < -0.4 is 16.0 Å². The number of guanidine groups is 1. The molecule has 8 nitrogen and oxygen atoms in total. The van der Waals surface area contributed by atoms with Gasteiger partial charge in [0.05, 0.1) is 13.7 Å². The van der Waals surface area contributed by atoms with Crippen molar-refractivity contribution in [2.24, 2.45) is 4.99 Å². The number of nitrogens with one attached hydrogen (secondary N) is 3. The molecule has 0 bridgehead atoms. The summed E-state index contributed by atoms with van der Waals surface area (Å²) in [5.41, 5.74) is 2.37. The summed E-state index contributed by atoms with van der Waals surface area (Å²) in [5, 5.41) is 9.30. The molecule has 29 heavy (non-hydrogen) atoms. The predicted octanol–water partition coefficient (Wildman–Crippen LogP) is 2.78. The fraction of sp³-hybridized carbons (Fsp3) is 0.350. The van der Waals surface area contributed by atoms with E-state index in [9.17, 15) is 9.59 Å². The predicted molar refractivity (Wildman–Crippen MR) is 121 cm³/mol. The Hall–Kier alpha value is -2.56. The number of aliphatic imine (C=N–C) groups is 1. The van der Waals surface area contributed by atoms with Crippen LogP contribution in [0.25, 0.3) is 0 Å². The van der Waals surface area contributed by atoms with Crippen LogP contribution in [0.2, 0.25) is 0 Å². The van der Waals surface area contributed by atoms with Crippen molar-refractivity contribution in [2.75, 3.05) is 26.0 Å². The lowest BCUT2D eigenvalue weighted by Crippen LogP contribution is -2.40. The molecule has 156 valence electrons. The molecule has 9 heteroatoms. The summed E-state index contributed by atoms with van der Waals surface area (Å²) in [5.74, 6) is 1.33. The fourth-order valence-corrected chi connectivity index (χ4v) is 3.24. The van der Waals surface area contributed by atoms with Crippen molar-refractivity contribution in [1.29, 1.82) is 0 Å². The number of anilines is 1. The molecule has 3 rings (SSSR count). The molecular formula is C20H25IN4O4. The summed E-state index contributed by atoms with van der Waals surface area (Å²) in [7, 11) is 3.01. The zero-order valence-corrected chi connectivity index (χ0v) is 18.9. The van der Waals surface area contributed by atoms with Crippen LogP contribution in [0.4, 0.5) is 5.69 Å². The van der Waals surface area contributed by atoms with Crippen molar-refractivity contribution in [3.63, 3.8) is 0 Å². The van der Waals surface area contributed by atoms with Gasteiger partial charge in [-0.1, -0.05) is 18.2 Å². The lowest BCUT2D eigenvalue weighted by atomic mass is 9.90. The highest BCUT2D eigenvalue weighted by atomic mass is 127. The first-order valence-corrected chi connectivity index (χ1v) is 9.02. The number of amides is 1. The minimum absolute atomic E-state index is 0. The molecule has 2 heterocycles. The van der Waals surface area contributed by atoms with E-state index in [0.717, 1.165) is 11.3 Å². The first kappa shape index (κ1) is 22.7. The number of hydrogen-bond acceptors (Lipinski definition) is 5. The number of aryl methyl sites for hydroxylation is 1. The van der Waals surface area contributed by atoms with Crippen LogP contribution in [0, 0.1) is 6.92 Å². The molecule has 1 aliphatic rings. The Bertz CT molecular complexity index is 910. The number of halogens is 1. The summed E-state index contributed by atoms with van der Waals surface area (Å²) >= 11 is 0. The molecule has 1 atom stereocenters. The Kier molecular flexibility index (Phi) is 8.06. The number of methoxy groups -OCH3 is 1. The van der Waals surface area contributed by atoms with E-state index < -0.39 is 5.97 Å². The molecule has 1 aliphatic heterocycles. The summed E-state index contributed by atoms with van der Waals surface area (Å²) in [4.78, 5) is 27.8. The molecule has 1 unspecified atom stereocenters. The maximum absolute atomic E-state index is 11.9. The van der Waals surface area contributed by atoms with Gasteiger partial charge in [-0.3, -0.25) is 9.79 Å². The van der Waals surface area contributed by atoms with Gasteiger partial charge in [-0.15, -0.1) is 24.0 Å². The van der Waals surface area contributed by atoms with E-state index in [0.29, 0.717) is 42.6 Å². The summed E-state index contributed by atoms with van der Waals surface area (Å²) in [6.07, 6.45) is 0.418. The van der Waals surface area contributed by atoms with E-state index in [4.69, 9.17) is 9.15 Å². The molecule has 2 aromatic rings. The van der Waals surface area contributed by atoms with Gasteiger partial charge in [0, 0.05) is 31.6 Å². The molecule has 0 fully saturated rings. The van der Waals surface area contributed by atoms with Gasteiger partial charge in [0.15, 0.2) is 5.96 Å². The summed E-state index contributed by atoms with van der Waals surface area (Å²) in [6.45, 7) is 2.64. The average molecular weight is 512 g/mol. The Labute approximate surface area is 186 Å². The number of carbonyl (C=O) groups is 2. The third-order valence-corrected chi connectivity index (χ3v) is 4.65. The van der Waals surface area contributed by atoms with E-state index in [1.165, 1.54) is 7.11 Å². The molecule has 1 amide bonds. The van der Waals surface area contributed by atoms with Gasteiger partial charge in [0.1, 0.15) is 17.1 Å². The van der Waals surface area contributed by atoms with Crippen LogP contribution in [0.3, 0.4) is 0 Å². The zero-order chi connectivity index (χ0) is 20.1. The third-order valence-electron chi connectivity index (χ3n) is 4.65. The van der Waals surface area contributed by atoms with Crippen molar-refractivity contribution < 1.29 is 18.7 Å². The van der Waals surface area contributed by atoms with Crippen LogP contribution in [0.5, 0.6) is 0 Å². The van der Waals surface area contributed by atoms with Crippen molar-refractivity contribution in [1.82, 2.24) is 10.6 Å². The molecular weight excluding hydrogens is 487 g/mol. The summed E-state index contributed by atoms with van der Waals surface area (Å²) < 4.78 is 10.3. The molecule has 0 saturated carbocycles. The van der Waals surface area contributed by atoms with Gasteiger partial charge >= 0.3 is 5.97 Å². The Morgan fingerprint density at radius 1 is 1.34 bits per heavy atom. The normalized spacial score (nSPS) is 15.6. The van der Waals surface area contributed by atoms with Gasteiger partial charge in [0.25, 0.3) is 0 Å².